The van der Waals surface area contributed by atoms with Gasteiger partial charge in [-0.1, -0.05) is 15.9 Å². The minimum absolute atomic E-state index is 0.00876. The first-order valence-electron chi connectivity index (χ1n) is 5.99. The Morgan fingerprint density at radius 2 is 2.20 bits per heavy atom. The van der Waals surface area contributed by atoms with E-state index in [-0.39, 0.29) is 18.9 Å². The lowest BCUT2D eigenvalue weighted by Crippen LogP contribution is -2.27. The highest BCUT2D eigenvalue weighted by atomic mass is 79.9. The third-order valence-corrected chi connectivity index (χ3v) is 3.80. The number of halogens is 1. The zero-order chi connectivity index (χ0) is 14.3. The normalized spacial score (nSPS) is 18.8. The molecule has 0 radical (unpaired) electrons. The Balaban J connectivity index is 2.08. The van der Waals surface area contributed by atoms with Gasteiger partial charge < -0.3 is 5.11 Å². The van der Waals surface area contributed by atoms with E-state index in [0.717, 1.165) is 9.86 Å². The minimum Gasteiger partial charge on any atom is -0.481 e. The highest BCUT2D eigenvalue weighted by molar-refractivity contribution is 9.10. The van der Waals surface area contributed by atoms with Crippen LogP contribution in [0.1, 0.15) is 6.42 Å². The number of nitrogens with zero attached hydrogens (tertiary/aromatic N) is 3. The number of fused-ring (bicyclic) bond motifs is 1. The summed E-state index contributed by atoms with van der Waals surface area (Å²) >= 11 is 3.37. The predicted octanol–water partition coefficient (Wildman–Crippen LogP) is 1.83. The number of carboxylic acids is 1. The van der Waals surface area contributed by atoms with Crippen LogP contribution in [0.2, 0.25) is 0 Å². The average Bonchev–Trinajstić information content (AvgIpc) is 2.80. The van der Waals surface area contributed by atoms with Crippen LogP contribution in [-0.2, 0) is 9.59 Å². The van der Waals surface area contributed by atoms with Crippen LogP contribution < -0.4 is 4.90 Å². The first kappa shape index (κ1) is 13.0. The van der Waals surface area contributed by atoms with E-state index in [4.69, 9.17) is 5.11 Å². The maximum atomic E-state index is 12.0. The van der Waals surface area contributed by atoms with Gasteiger partial charge in [0, 0.05) is 22.8 Å². The Morgan fingerprint density at radius 1 is 1.40 bits per heavy atom. The number of aromatic nitrogens is 2. The van der Waals surface area contributed by atoms with E-state index in [0.29, 0.717) is 11.3 Å². The molecule has 1 aliphatic heterocycles. The number of carbonyl (C=O) groups is 2. The zero-order valence-corrected chi connectivity index (χ0v) is 11.9. The molecule has 0 saturated carbocycles. The van der Waals surface area contributed by atoms with Gasteiger partial charge in [0.25, 0.3) is 0 Å². The molecule has 102 valence electrons. The molecule has 0 aliphatic carbocycles. The number of amides is 1. The third-order valence-electron chi connectivity index (χ3n) is 3.31. The molecule has 7 heteroatoms. The lowest BCUT2D eigenvalue weighted by molar-refractivity contribution is -0.141. The summed E-state index contributed by atoms with van der Waals surface area (Å²) in [6, 6.07) is 5.50. The summed E-state index contributed by atoms with van der Waals surface area (Å²) in [5.41, 5.74) is 0.713. The van der Waals surface area contributed by atoms with E-state index in [1.165, 1.54) is 11.2 Å². The van der Waals surface area contributed by atoms with Crippen LogP contribution in [-0.4, -0.2) is 33.5 Å². The summed E-state index contributed by atoms with van der Waals surface area (Å²) in [6.45, 7) is 0.146. The third kappa shape index (κ3) is 2.14. The van der Waals surface area contributed by atoms with Gasteiger partial charge in [-0.05, 0) is 18.2 Å². The second-order valence-corrected chi connectivity index (χ2v) is 5.52. The molecule has 1 N–H and O–H groups in total. The highest BCUT2D eigenvalue weighted by Gasteiger charge is 2.36. The van der Waals surface area contributed by atoms with Gasteiger partial charge in [0.05, 0.1) is 11.4 Å². The molecule has 1 atom stereocenters. The fraction of sp³-hybridized carbons (Fsp3) is 0.231. The van der Waals surface area contributed by atoms with Crippen LogP contribution in [0.3, 0.4) is 0 Å². The quantitative estimate of drug-likeness (QED) is 0.905. The van der Waals surface area contributed by atoms with Crippen LogP contribution in [0.25, 0.3) is 10.9 Å². The van der Waals surface area contributed by atoms with Crippen molar-refractivity contribution in [3.63, 3.8) is 0 Å². The van der Waals surface area contributed by atoms with Crippen LogP contribution >= 0.6 is 15.9 Å². The number of anilines is 1. The second-order valence-electron chi connectivity index (χ2n) is 4.60. The molecule has 0 spiro atoms. The number of carboxylic acid groups (broad SMARTS) is 1. The van der Waals surface area contributed by atoms with E-state index >= 15 is 0 Å². The van der Waals surface area contributed by atoms with E-state index in [2.05, 4.69) is 25.9 Å². The summed E-state index contributed by atoms with van der Waals surface area (Å²) in [7, 11) is 0. The Bertz CT molecular complexity index is 719. The average molecular weight is 336 g/mol. The fourth-order valence-electron chi connectivity index (χ4n) is 2.31. The molecule has 2 aromatic rings. The maximum Gasteiger partial charge on any atom is 0.308 e. The first-order valence-corrected chi connectivity index (χ1v) is 6.79. The molecule has 20 heavy (non-hydrogen) atoms. The van der Waals surface area contributed by atoms with Crippen LogP contribution in [0.5, 0.6) is 0 Å². The monoisotopic (exact) mass is 335 g/mol. The standard InChI is InChI=1S/C13H10BrN3O3/c14-8-1-2-10-9(4-8)12(16-6-15-10)17-5-7(13(19)20)3-11(17)18/h1-2,4,6-7H,3,5H2,(H,19,20). The van der Waals surface area contributed by atoms with Crippen molar-refractivity contribution in [2.45, 2.75) is 6.42 Å². The van der Waals surface area contributed by atoms with Gasteiger partial charge in [-0.25, -0.2) is 9.97 Å². The van der Waals surface area contributed by atoms with Crippen molar-refractivity contribution in [3.05, 3.63) is 29.0 Å². The van der Waals surface area contributed by atoms with Crippen molar-refractivity contribution in [1.29, 1.82) is 0 Å². The molecular formula is C13H10BrN3O3. The van der Waals surface area contributed by atoms with Crippen LogP contribution in [0, 0.1) is 5.92 Å². The molecule has 1 saturated heterocycles. The Kier molecular flexibility index (Phi) is 3.13. The molecular weight excluding hydrogens is 326 g/mol. The van der Waals surface area contributed by atoms with Gasteiger partial charge in [0.15, 0.2) is 0 Å². The number of hydrogen-bond acceptors (Lipinski definition) is 4. The maximum absolute atomic E-state index is 12.0. The minimum atomic E-state index is -0.958. The SMILES string of the molecule is O=C(O)C1CC(=O)N(c2ncnc3ccc(Br)cc23)C1. The molecule has 6 nitrogen and oxygen atoms in total. The largest absolute Gasteiger partial charge is 0.481 e. The molecule has 0 bridgehead atoms. The van der Waals surface area contributed by atoms with Gasteiger partial charge in [-0.15, -0.1) is 0 Å². The van der Waals surface area contributed by atoms with E-state index in [9.17, 15) is 9.59 Å². The Morgan fingerprint density at radius 3 is 2.90 bits per heavy atom. The summed E-state index contributed by atoms with van der Waals surface area (Å²) in [6.07, 6.45) is 1.39. The first-order chi connectivity index (χ1) is 9.56. The van der Waals surface area contributed by atoms with Crippen molar-refractivity contribution < 1.29 is 14.7 Å². The van der Waals surface area contributed by atoms with Gasteiger partial charge in [-0.2, -0.15) is 0 Å². The molecule has 1 aromatic carbocycles. The molecule has 2 heterocycles. The number of benzene rings is 1. The zero-order valence-electron chi connectivity index (χ0n) is 10.3. The smallest absolute Gasteiger partial charge is 0.308 e. The summed E-state index contributed by atoms with van der Waals surface area (Å²) in [4.78, 5) is 32.8. The predicted molar refractivity (Wildman–Crippen MR) is 75.3 cm³/mol. The highest BCUT2D eigenvalue weighted by Crippen LogP contribution is 2.30. The van der Waals surface area contributed by atoms with Crippen LogP contribution in [0.15, 0.2) is 29.0 Å². The number of hydrogen-bond donors (Lipinski definition) is 1. The molecule has 1 aliphatic rings. The van der Waals surface area contributed by atoms with Crippen molar-refractivity contribution in [3.8, 4) is 0 Å². The lowest BCUT2D eigenvalue weighted by Gasteiger charge is -2.16. The van der Waals surface area contributed by atoms with E-state index in [1.807, 2.05) is 18.2 Å². The second kappa shape index (κ2) is 4.82. The fourth-order valence-corrected chi connectivity index (χ4v) is 2.67. The van der Waals surface area contributed by atoms with E-state index in [1.54, 1.807) is 0 Å². The van der Waals surface area contributed by atoms with Crippen molar-refractivity contribution in [2.24, 2.45) is 5.92 Å². The molecule has 1 amide bonds. The number of rotatable bonds is 2. The summed E-state index contributed by atoms with van der Waals surface area (Å²) < 4.78 is 0.850. The van der Waals surface area contributed by atoms with Crippen molar-refractivity contribution >= 4 is 44.5 Å². The van der Waals surface area contributed by atoms with Gasteiger partial charge in [-0.3, -0.25) is 14.5 Å². The van der Waals surface area contributed by atoms with Gasteiger partial charge >= 0.3 is 5.97 Å². The van der Waals surface area contributed by atoms with Crippen molar-refractivity contribution in [1.82, 2.24) is 9.97 Å². The Hall–Kier alpha value is -2.02. The summed E-state index contributed by atoms with van der Waals surface area (Å²) in [5.74, 6) is -1.40. The van der Waals surface area contributed by atoms with Crippen molar-refractivity contribution in [2.75, 3.05) is 11.4 Å². The van der Waals surface area contributed by atoms with Crippen LogP contribution in [0.4, 0.5) is 5.82 Å². The summed E-state index contributed by atoms with van der Waals surface area (Å²) in [5, 5.41) is 9.76. The Labute approximate surface area is 122 Å². The van der Waals surface area contributed by atoms with Gasteiger partial charge in [0.1, 0.15) is 12.1 Å². The topological polar surface area (TPSA) is 83.4 Å². The molecule has 3 rings (SSSR count). The number of carbonyl (C=O) groups excluding carboxylic acids is 1. The molecule has 1 fully saturated rings. The lowest BCUT2D eigenvalue weighted by atomic mass is 10.1. The number of aliphatic carboxylic acids is 1. The molecule has 1 unspecified atom stereocenters. The van der Waals surface area contributed by atoms with E-state index < -0.39 is 11.9 Å². The van der Waals surface area contributed by atoms with Gasteiger partial charge in [0.2, 0.25) is 5.91 Å². The molecule has 1 aromatic heterocycles.